The monoisotopic (exact) mass is 306 g/mol. The molecule has 0 bridgehead atoms. The maximum absolute atomic E-state index is 13.0. The average Bonchev–Trinajstić information content (AvgIpc) is 2.45. The minimum atomic E-state index is -0.826. The van der Waals surface area contributed by atoms with Gasteiger partial charge in [0.15, 0.2) is 0 Å². The summed E-state index contributed by atoms with van der Waals surface area (Å²) in [5.41, 5.74) is 2.80. The summed E-state index contributed by atoms with van der Waals surface area (Å²) in [6.07, 6.45) is -0.826. The van der Waals surface area contributed by atoms with Crippen LogP contribution in [0.4, 0.5) is 13.6 Å². The molecule has 3 nitrogen and oxygen atoms in total. The van der Waals surface area contributed by atoms with Gasteiger partial charge in [0.1, 0.15) is 24.8 Å². The molecule has 5 heteroatoms. The summed E-state index contributed by atoms with van der Waals surface area (Å²) in [7, 11) is 0. The Kier molecular flexibility index (Phi) is 5.09. The van der Waals surface area contributed by atoms with E-state index in [-0.39, 0.29) is 24.8 Å². The van der Waals surface area contributed by atoms with E-state index in [4.69, 9.17) is 9.47 Å². The second-order valence-electron chi connectivity index (χ2n) is 4.97. The van der Waals surface area contributed by atoms with Crippen LogP contribution in [-0.2, 0) is 22.7 Å². The Morgan fingerprint density at radius 3 is 1.64 bits per heavy atom. The predicted molar refractivity (Wildman–Crippen MR) is 77.2 cm³/mol. The van der Waals surface area contributed by atoms with Crippen LogP contribution >= 0.6 is 0 Å². The first kappa shape index (κ1) is 15.9. The fraction of sp³-hybridized carbons (Fsp3) is 0.235. The standard InChI is InChI=1S/C17H16F2O3/c1-11-7-15(18)5-3-13(11)9-21-17(20)22-10-14-4-6-16(19)8-12(14)2/h3-8H,9-10H2,1-2H3. The summed E-state index contributed by atoms with van der Waals surface area (Å²) in [5, 5.41) is 0. The van der Waals surface area contributed by atoms with Gasteiger partial charge in [-0.05, 0) is 60.4 Å². The van der Waals surface area contributed by atoms with Crippen LogP contribution in [0.3, 0.4) is 0 Å². The quantitative estimate of drug-likeness (QED) is 0.784. The Hall–Kier alpha value is -2.43. The lowest BCUT2D eigenvalue weighted by Gasteiger charge is -2.09. The zero-order valence-electron chi connectivity index (χ0n) is 12.4. The lowest BCUT2D eigenvalue weighted by atomic mass is 10.1. The summed E-state index contributed by atoms with van der Waals surface area (Å²) in [6.45, 7) is 3.48. The van der Waals surface area contributed by atoms with Crippen LogP contribution in [-0.4, -0.2) is 6.16 Å². The van der Waals surface area contributed by atoms with E-state index in [1.807, 2.05) is 0 Å². The first-order valence-corrected chi connectivity index (χ1v) is 6.75. The Morgan fingerprint density at radius 1 is 0.864 bits per heavy atom. The Balaban J connectivity index is 1.85. The van der Waals surface area contributed by atoms with Crippen LogP contribution in [0.2, 0.25) is 0 Å². The molecule has 0 heterocycles. The highest BCUT2D eigenvalue weighted by molar-refractivity contribution is 5.60. The maximum Gasteiger partial charge on any atom is 0.508 e. The van der Waals surface area contributed by atoms with Gasteiger partial charge in [-0.15, -0.1) is 0 Å². The number of aryl methyl sites for hydroxylation is 2. The van der Waals surface area contributed by atoms with Crippen LogP contribution in [0.25, 0.3) is 0 Å². The number of halogens is 2. The lowest BCUT2D eigenvalue weighted by Crippen LogP contribution is -2.08. The third kappa shape index (κ3) is 4.28. The van der Waals surface area contributed by atoms with Gasteiger partial charge < -0.3 is 9.47 Å². The number of carbonyl (C=O) groups is 1. The van der Waals surface area contributed by atoms with E-state index < -0.39 is 6.16 Å². The number of hydrogen-bond donors (Lipinski definition) is 0. The third-order valence-electron chi connectivity index (χ3n) is 3.30. The number of rotatable bonds is 4. The van der Waals surface area contributed by atoms with E-state index in [1.165, 1.54) is 24.3 Å². The molecule has 0 aliphatic carbocycles. The van der Waals surface area contributed by atoms with E-state index in [0.29, 0.717) is 22.3 Å². The highest BCUT2D eigenvalue weighted by Crippen LogP contribution is 2.13. The molecule has 2 aromatic carbocycles. The van der Waals surface area contributed by atoms with Gasteiger partial charge in [-0.1, -0.05) is 12.1 Å². The molecule has 0 fully saturated rings. The molecule has 2 aromatic rings. The van der Waals surface area contributed by atoms with Gasteiger partial charge in [0.25, 0.3) is 0 Å². The van der Waals surface area contributed by atoms with Crippen LogP contribution in [0, 0.1) is 25.5 Å². The van der Waals surface area contributed by atoms with Crippen molar-refractivity contribution in [1.29, 1.82) is 0 Å². The number of carbonyl (C=O) groups excluding carboxylic acids is 1. The van der Waals surface area contributed by atoms with Crippen LogP contribution in [0.1, 0.15) is 22.3 Å². The maximum atomic E-state index is 13.0. The second-order valence-corrected chi connectivity index (χ2v) is 4.97. The van der Waals surface area contributed by atoms with E-state index in [2.05, 4.69) is 0 Å². The molecule has 0 N–H and O–H groups in total. The van der Waals surface area contributed by atoms with E-state index in [9.17, 15) is 13.6 Å². The van der Waals surface area contributed by atoms with Crippen molar-refractivity contribution in [2.24, 2.45) is 0 Å². The summed E-state index contributed by atoms with van der Waals surface area (Å²) < 4.78 is 35.9. The molecule has 116 valence electrons. The van der Waals surface area contributed by atoms with Crippen molar-refractivity contribution in [3.05, 3.63) is 70.3 Å². The molecule has 22 heavy (non-hydrogen) atoms. The molecule has 0 radical (unpaired) electrons. The lowest BCUT2D eigenvalue weighted by molar-refractivity contribution is 0.0444. The van der Waals surface area contributed by atoms with Crippen molar-refractivity contribution in [3.63, 3.8) is 0 Å². The van der Waals surface area contributed by atoms with Gasteiger partial charge in [-0.2, -0.15) is 0 Å². The Bertz CT molecular complexity index is 626. The highest BCUT2D eigenvalue weighted by atomic mass is 19.1. The molecule has 0 unspecified atom stereocenters. The van der Waals surface area contributed by atoms with Crippen LogP contribution < -0.4 is 0 Å². The molecular weight excluding hydrogens is 290 g/mol. The van der Waals surface area contributed by atoms with Gasteiger partial charge >= 0.3 is 6.16 Å². The van der Waals surface area contributed by atoms with Crippen molar-refractivity contribution in [2.45, 2.75) is 27.1 Å². The van der Waals surface area contributed by atoms with Crippen molar-refractivity contribution >= 4 is 6.16 Å². The average molecular weight is 306 g/mol. The zero-order chi connectivity index (χ0) is 16.1. The minimum absolute atomic E-state index is 0.00729. The molecule has 0 saturated heterocycles. The van der Waals surface area contributed by atoms with Crippen molar-refractivity contribution < 1.29 is 23.0 Å². The molecule has 0 amide bonds. The fourth-order valence-electron chi connectivity index (χ4n) is 1.96. The Labute approximate surface area is 127 Å². The molecule has 0 atom stereocenters. The van der Waals surface area contributed by atoms with E-state index >= 15 is 0 Å². The van der Waals surface area contributed by atoms with Crippen molar-refractivity contribution in [1.82, 2.24) is 0 Å². The summed E-state index contributed by atoms with van der Waals surface area (Å²) in [6, 6.07) is 8.46. The molecule has 0 aromatic heterocycles. The molecule has 0 aliphatic heterocycles. The molecule has 2 rings (SSSR count). The largest absolute Gasteiger partial charge is 0.508 e. The highest BCUT2D eigenvalue weighted by Gasteiger charge is 2.08. The SMILES string of the molecule is Cc1cc(F)ccc1COC(=O)OCc1ccc(F)cc1C. The molecule has 0 spiro atoms. The minimum Gasteiger partial charge on any atom is -0.429 e. The first-order chi connectivity index (χ1) is 10.5. The summed E-state index contributed by atoms with van der Waals surface area (Å²) >= 11 is 0. The van der Waals surface area contributed by atoms with Crippen molar-refractivity contribution in [2.75, 3.05) is 0 Å². The summed E-state index contributed by atoms with van der Waals surface area (Å²) in [5.74, 6) is -0.675. The van der Waals surface area contributed by atoms with Gasteiger partial charge in [0.2, 0.25) is 0 Å². The number of ether oxygens (including phenoxy) is 2. The molecule has 0 aliphatic rings. The number of benzene rings is 2. The predicted octanol–water partition coefficient (Wildman–Crippen LogP) is 4.44. The van der Waals surface area contributed by atoms with Crippen LogP contribution in [0.15, 0.2) is 36.4 Å². The zero-order valence-corrected chi connectivity index (χ0v) is 12.4. The first-order valence-electron chi connectivity index (χ1n) is 6.75. The normalized spacial score (nSPS) is 10.4. The summed E-state index contributed by atoms with van der Waals surface area (Å²) in [4.78, 5) is 11.6. The topological polar surface area (TPSA) is 35.5 Å². The Morgan fingerprint density at radius 2 is 1.27 bits per heavy atom. The smallest absolute Gasteiger partial charge is 0.429 e. The number of hydrogen-bond acceptors (Lipinski definition) is 3. The molecule has 0 saturated carbocycles. The van der Waals surface area contributed by atoms with E-state index in [0.717, 1.165) is 0 Å². The van der Waals surface area contributed by atoms with Gasteiger partial charge in [-0.3, -0.25) is 0 Å². The van der Waals surface area contributed by atoms with Gasteiger partial charge in [0.05, 0.1) is 0 Å². The van der Waals surface area contributed by atoms with Gasteiger partial charge in [-0.25, -0.2) is 13.6 Å². The van der Waals surface area contributed by atoms with Crippen molar-refractivity contribution in [3.8, 4) is 0 Å². The fourth-order valence-corrected chi connectivity index (χ4v) is 1.96. The van der Waals surface area contributed by atoms with Crippen LogP contribution in [0.5, 0.6) is 0 Å². The van der Waals surface area contributed by atoms with E-state index in [1.54, 1.807) is 26.0 Å². The second kappa shape index (κ2) is 7.02. The third-order valence-corrected chi connectivity index (χ3v) is 3.30. The molecular formula is C17H16F2O3. The van der Waals surface area contributed by atoms with Gasteiger partial charge in [0, 0.05) is 0 Å².